The van der Waals surface area contributed by atoms with Gasteiger partial charge in [0.2, 0.25) is 5.95 Å². The van der Waals surface area contributed by atoms with Gasteiger partial charge >= 0.3 is 0 Å². The standard InChI is InChI=1S/C18H22N6O/c1-4-21-17(25)14-7-5-13(6-8-14)16-12(2)10-22-18(24-16)23-15(9-19)11-20-3/h5-11,19-20H,4H2,1-3H3,(H,21,25)(H,22,23,24)/b15-11+,19-9?. The van der Waals surface area contributed by atoms with Crippen molar-refractivity contribution in [1.82, 2.24) is 20.6 Å². The number of hydrogen-bond acceptors (Lipinski definition) is 6. The van der Waals surface area contributed by atoms with Crippen LogP contribution in [0.3, 0.4) is 0 Å². The summed E-state index contributed by atoms with van der Waals surface area (Å²) in [5, 5.41) is 16.0. The molecule has 130 valence electrons. The van der Waals surface area contributed by atoms with E-state index in [0.29, 0.717) is 23.8 Å². The molecule has 0 saturated carbocycles. The van der Waals surface area contributed by atoms with Gasteiger partial charge in [-0.05, 0) is 31.5 Å². The van der Waals surface area contributed by atoms with Crippen LogP contribution >= 0.6 is 0 Å². The number of rotatable bonds is 7. The van der Waals surface area contributed by atoms with Crippen molar-refractivity contribution in [2.45, 2.75) is 13.8 Å². The number of anilines is 1. The molecule has 0 unspecified atom stereocenters. The second-order valence-corrected chi connectivity index (χ2v) is 5.32. The second kappa shape index (κ2) is 8.58. The third kappa shape index (κ3) is 4.63. The molecule has 25 heavy (non-hydrogen) atoms. The van der Waals surface area contributed by atoms with Crippen LogP contribution in [0.4, 0.5) is 5.95 Å². The van der Waals surface area contributed by atoms with Crippen LogP contribution in [0.15, 0.2) is 42.4 Å². The monoisotopic (exact) mass is 338 g/mol. The molecule has 1 aromatic heterocycles. The zero-order valence-electron chi connectivity index (χ0n) is 14.6. The van der Waals surface area contributed by atoms with E-state index in [0.717, 1.165) is 16.8 Å². The zero-order valence-corrected chi connectivity index (χ0v) is 14.6. The summed E-state index contributed by atoms with van der Waals surface area (Å²) >= 11 is 0. The number of aryl methyl sites for hydroxylation is 1. The van der Waals surface area contributed by atoms with Gasteiger partial charge in [-0.15, -0.1) is 0 Å². The van der Waals surface area contributed by atoms with Gasteiger partial charge in [0.15, 0.2) is 0 Å². The van der Waals surface area contributed by atoms with Crippen LogP contribution in [0.25, 0.3) is 11.3 Å². The molecule has 0 bridgehead atoms. The molecule has 0 saturated heterocycles. The molecule has 2 rings (SSSR count). The van der Waals surface area contributed by atoms with Crippen LogP contribution in [0.1, 0.15) is 22.8 Å². The van der Waals surface area contributed by atoms with Crippen LogP contribution in [-0.2, 0) is 0 Å². The first-order chi connectivity index (χ1) is 12.1. The number of aromatic nitrogens is 2. The van der Waals surface area contributed by atoms with Crippen molar-refractivity contribution in [3.63, 3.8) is 0 Å². The molecule has 1 heterocycles. The molecular formula is C18H22N6O. The van der Waals surface area contributed by atoms with Crippen molar-refractivity contribution in [1.29, 1.82) is 5.41 Å². The topological polar surface area (TPSA) is 103 Å². The van der Waals surface area contributed by atoms with Crippen molar-refractivity contribution in [2.24, 2.45) is 0 Å². The van der Waals surface area contributed by atoms with E-state index >= 15 is 0 Å². The van der Waals surface area contributed by atoms with Crippen molar-refractivity contribution in [2.75, 3.05) is 18.9 Å². The molecule has 0 fully saturated rings. The second-order valence-electron chi connectivity index (χ2n) is 5.32. The van der Waals surface area contributed by atoms with E-state index in [1.807, 2.05) is 26.0 Å². The first kappa shape index (κ1) is 18.1. The Morgan fingerprint density at radius 2 is 2.00 bits per heavy atom. The number of carbonyl (C=O) groups is 1. The van der Waals surface area contributed by atoms with Gasteiger partial charge < -0.3 is 21.4 Å². The average molecular weight is 338 g/mol. The summed E-state index contributed by atoms with van der Waals surface area (Å²) in [6.45, 7) is 4.41. The quantitative estimate of drug-likeness (QED) is 0.580. The highest BCUT2D eigenvalue weighted by Crippen LogP contribution is 2.22. The fourth-order valence-electron chi connectivity index (χ4n) is 2.24. The van der Waals surface area contributed by atoms with E-state index in [4.69, 9.17) is 5.41 Å². The molecule has 1 aromatic carbocycles. The van der Waals surface area contributed by atoms with Gasteiger partial charge in [-0.1, -0.05) is 12.1 Å². The molecule has 0 atom stereocenters. The summed E-state index contributed by atoms with van der Waals surface area (Å²) in [6.07, 6.45) is 4.56. The molecule has 0 aliphatic heterocycles. The molecular weight excluding hydrogens is 316 g/mol. The smallest absolute Gasteiger partial charge is 0.251 e. The van der Waals surface area contributed by atoms with E-state index < -0.39 is 0 Å². The molecule has 7 heteroatoms. The van der Waals surface area contributed by atoms with Crippen LogP contribution in [0.2, 0.25) is 0 Å². The minimum absolute atomic E-state index is 0.0938. The summed E-state index contributed by atoms with van der Waals surface area (Å²) < 4.78 is 0. The number of carbonyl (C=O) groups excluding carboxylic acids is 1. The SMILES string of the molecule is CCNC(=O)c1ccc(-c2nc(N/C(C=N)=C/NC)ncc2C)cc1. The Kier molecular flexibility index (Phi) is 6.22. The third-order valence-electron chi connectivity index (χ3n) is 3.44. The van der Waals surface area contributed by atoms with Crippen LogP contribution in [-0.4, -0.2) is 35.7 Å². The lowest BCUT2D eigenvalue weighted by Crippen LogP contribution is -2.22. The minimum Gasteiger partial charge on any atom is -0.392 e. The molecule has 0 radical (unpaired) electrons. The van der Waals surface area contributed by atoms with E-state index in [1.165, 1.54) is 6.21 Å². The fourth-order valence-corrected chi connectivity index (χ4v) is 2.24. The maximum absolute atomic E-state index is 11.8. The molecule has 1 amide bonds. The first-order valence-corrected chi connectivity index (χ1v) is 7.96. The van der Waals surface area contributed by atoms with Crippen LogP contribution < -0.4 is 16.0 Å². The third-order valence-corrected chi connectivity index (χ3v) is 3.44. The van der Waals surface area contributed by atoms with Gasteiger partial charge in [0.05, 0.1) is 11.4 Å². The predicted molar refractivity (Wildman–Crippen MR) is 99.8 cm³/mol. The Morgan fingerprint density at radius 1 is 1.28 bits per heavy atom. The van der Waals surface area contributed by atoms with E-state index in [2.05, 4.69) is 25.9 Å². The average Bonchev–Trinajstić information content (AvgIpc) is 2.63. The van der Waals surface area contributed by atoms with Crippen LogP contribution in [0, 0.1) is 12.3 Å². The highest BCUT2D eigenvalue weighted by molar-refractivity contribution is 5.94. The molecule has 0 aliphatic rings. The lowest BCUT2D eigenvalue weighted by Gasteiger charge is -2.10. The first-order valence-electron chi connectivity index (χ1n) is 7.96. The summed E-state index contributed by atoms with van der Waals surface area (Å²) in [6, 6.07) is 7.28. The highest BCUT2D eigenvalue weighted by Gasteiger charge is 2.09. The van der Waals surface area contributed by atoms with Crippen molar-refractivity contribution < 1.29 is 4.79 Å². The van der Waals surface area contributed by atoms with E-state index in [9.17, 15) is 4.79 Å². The largest absolute Gasteiger partial charge is 0.392 e. The summed E-state index contributed by atoms with van der Waals surface area (Å²) in [7, 11) is 1.75. The minimum atomic E-state index is -0.0938. The number of allylic oxidation sites excluding steroid dienone is 1. The zero-order chi connectivity index (χ0) is 18.2. The Bertz CT molecular complexity index is 783. The van der Waals surface area contributed by atoms with Gasteiger partial charge in [0.1, 0.15) is 0 Å². The fraction of sp³-hybridized carbons (Fsp3) is 0.222. The molecule has 2 aromatic rings. The lowest BCUT2D eigenvalue weighted by molar-refractivity contribution is 0.0956. The number of amides is 1. The van der Waals surface area contributed by atoms with Crippen LogP contribution in [0.5, 0.6) is 0 Å². The van der Waals surface area contributed by atoms with Crippen molar-refractivity contribution in [3.8, 4) is 11.3 Å². The van der Waals surface area contributed by atoms with E-state index in [1.54, 1.807) is 31.6 Å². The number of nitrogens with zero attached hydrogens (tertiary/aromatic N) is 2. The van der Waals surface area contributed by atoms with E-state index in [-0.39, 0.29) is 5.91 Å². The maximum atomic E-state index is 11.8. The molecule has 4 N–H and O–H groups in total. The normalized spacial score (nSPS) is 10.9. The lowest BCUT2D eigenvalue weighted by atomic mass is 10.1. The Morgan fingerprint density at radius 3 is 2.60 bits per heavy atom. The van der Waals surface area contributed by atoms with Gasteiger partial charge in [-0.3, -0.25) is 4.79 Å². The summed E-state index contributed by atoms with van der Waals surface area (Å²) in [4.78, 5) is 20.6. The Hall–Kier alpha value is -3.22. The van der Waals surface area contributed by atoms with Gasteiger partial charge in [0.25, 0.3) is 5.91 Å². The van der Waals surface area contributed by atoms with Gasteiger partial charge in [0, 0.05) is 43.3 Å². The number of nitrogens with one attached hydrogen (secondary N) is 4. The summed E-state index contributed by atoms with van der Waals surface area (Å²) in [5.41, 5.74) is 3.74. The molecule has 0 spiro atoms. The molecule has 0 aliphatic carbocycles. The Balaban J connectivity index is 2.29. The number of hydrogen-bond donors (Lipinski definition) is 4. The Labute approximate surface area is 147 Å². The summed E-state index contributed by atoms with van der Waals surface area (Å²) in [5.74, 6) is 0.307. The van der Waals surface area contributed by atoms with Gasteiger partial charge in [-0.25, -0.2) is 9.97 Å². The maximum Gasteiger partial charge on any atom is 0.251 e. The van der Waals surface area contributed by atoms with Gasteiger partial charge in [-0.2, -0.15) is 0 Å². The highest BCUT2D eigenvalue weighted by atomic mass is 16.1. The number of benzene rings is 1. The van der Waals surface area contributed by atoms with Crippen molar-refractivity contribution >= 4 is 18.1 Å². The predicted octanol–water partition coefficient (Wildman–Crippen LogP) is 2.32. The molecule has 7 nitrogen and oxygen atoms in total. The van der Waals surface area contributed by atoms with Crippen molar-refractivity contribution in [3.05, 3.63) is 53.5 Å².